The van der Waals surface area contributed by atoms with Crippen molar-refractivity contribution in [1.29, 1.82) is 0 Å². The maximum atomic E-state index is 12.7. The number of hydrogen-bond acceptors (Lipinski definition) is 5. The molecule has 2 N–H and O–H groups in total. The van der Waals surface area contributed by atoms with Gasteiger partial charge >= 0.3 is 6.18 Å². The number of fused-ring (bicyclic) bond motifs is 1. The zero-order valence-corrected chi connectivity index (χ0v) is 14.6. The number of aryl methyl sites for hydroxylation is 1. The first-order valence-electron chi connectivity index (χ1n) is 8.25. The molecular formula is C19H14F3N5O. The summed E-state index contributed by atoms with van der Waals surface area (Å²) >= 11 is 0. The second-order valence-corrected chi connectivity index (χ2v) is 6.15. The van der Waals surface area contributed by atoms with Gasteiger partial charge in [-0.1, -0.05) is 0 Å². The summed E-state index contributed by atoms with van der Waals surface area (Å²) in [6, 6.07) is 7.88. The standard InChI is InChI=1S/C19H14F3N5O/c1-11-18(27-10-14(28)6-7-17(27)24-11)15-8-23-9-16(26-15)25-13-4-2-12(3-5-13)19(20,21)22/h2-10,28H,1H3,(H,25,26). The van der Waals surface area contributed by atoms with Gasteiger partial charge in [0.2, 0.25) is 0 Å². The van der Waals surface area contributed by atoms with Crippen LogP contribution in [0.2, 0.25) is 0 Å². The summed E-state index contributed by atoms with van der Waals surface area (Å²) in [4.78, 5) is 13.1. The fourth-order valence-electron chi connectivity index (χ4n) is 2.89. The molecule has 0 unspecified atom stereocenters. The Labute approximate surface area is 157 Å². The van der Waals surface area contributed by atoms with Gasteiger partial charge in [0.05, 0.1) is 35.5 Å². The lowest BCUT2D eigenvalue weighted by Crippen LogP contribution is -2.04. The molecule has 0 amide bonds. The van der Waals surface area contributed by atoms with Gasteiger partial charge in [-0.25, -0.2) is 9.97 Å². The number of benzene rings is 1. The predicted octanol–water partition coefficient (Wildman–Crippen LogP) is 4.57. The number of alkyl halides is 3. The van der Waals surface area contributed by atoms with Crippen LogP contribution in [0.4, 0.5) is 24.7 Å². The number of aromatic hydroxyl groups is 1. The normalized spacial score (nSPS) is 11.7. The van der Waals surface area contributed by atoms with E-state index in [9.17, 15) is 18.3 Å². The molecule has 0 aliphatic rings. The van der Waals surface area contributed by atoms with E-state index in [0.29, 0.717) is 34.2 Å². The Morgan fingerprint density at radius 1 is 1.00 bits per heavy atom. The van der Waals surface area contributed by atoms with Crippen LogP contribution in [0.1, 0.15) is 11.3 Å². The molecule has 4 rings (SSSR count). The van der Waals surface area contributed by atoms with Gasteiger partial charge in [-0.15, -0.1) is 0 Å². The Hall–Kier alpha value is -3.62. The quantitative estimate of drug-likeness (QED) is 0.540. The van der Waals surface area contributed by atoms with Crippen molar-refractivity contribution in [2.24, 2.45) is 0 Å². The number of anilines is 2. The fraction of sp³-hybridized carbons (Fsp3) is 0.105. The first kappa shape index (κ1) is 17.8. The van der Waals surface area contributed by atoms with E-state index in [2.05, 4.69) is 20.3 Å². The number of rotatable bonds is 3. The summed E-state index contributed by atoms with van der Waals surface area (Å²) in [5.41, 5.74) is 2.24. The van der Waals surface area contributed by atoms with Gasteiger partial charge in [-0.3, -0.25) is 9.38 Å². The third kappa shape index (κ3) is 3.34. The van der Waals surface area contributed by atoms with E-state index in [4.69, 9.17) is 0 Å². The molecule has 0 atom stereocenters. The topological polar surface area (TPSA) is 75.3 Å². The number of aromatic nitrogens is 4. The molecule has 4 aromatic rings. The minimum atomic E-state index is -4.38. The SMILES string of the molecule is Cc1nc2ccc(O)cn2c1-c1cncc(Nc2ccc(C(F)(F)F)cc2)n1. The van der Waals surface area contributed by atoms with Gasteiger partial charge in [-0.2, -0.15) is 13.2 Å². The third-order valence-corrected chi connectivity index (χ3v) is 4.14. The van der Waals surface area contributed by atoms with Crippen molar-refractivity contribution in [1.82, 2.24) is 19.4 Å². The first-order chi connectivity index (χ1) is 13.3. The average molecular weight is 385 g/mol. The number of nitrogens with zero attached hydrogens (tertiary/aromatic N) is 4. The van der Waals surface area contributed by atoms with Gasteiger partial charge in [0.25, 0.3) is 0 Å². The molecule has 0 aliphatic heterocycles. The van der Waals surface area contributed by atoms with Crippen molar-refractivity contribution in [2.45, 2.75) is 13.1 Å². The van der Waals surface area contributed by atoms with Gasteiger partial charge in [0.1, 0.15) is 22.9 Å². The van der Waals surface area contributed by atoms with E-state index in [1.165, 1.54) is 24.5 Å². The van der Waals surface area contributed by atoms with Crippen molar-refractivity contribution < 1.29 is 18.3 Å². The smallest absolute Gasteiger partial charge is 0.416 e. The molecule has 0 saturated heterocycles. The Morgan fingerprint density at radius 3 is 2.46 bits per heavy atom. The lowest BCUT2D eigenvalue weighted by atomic mass is 10.2. The highest BCUT2D eigenvalue weighted by Gasteiger charge is 2.29. The van der Waals surface area contributed by atoms with Crippen LogP contribution in [0, 0.1) is 6.92 Å². The lowest BCUT2D eigenvalue weighted by Gasteiger charge is -2.10. The third-order valence-electron chi connectivity index (χ3n) is 4.14. The Bertz CT molecular complexity index is 1150. The summed E-state index contributed by atoms with van der Waals surface area (Å²) in [7, 11) is 0. The summed E-state index contributed by atoms with van der Waals surface area (Å²) in [5, 5.41) is 12.7. The number of pyridine rings is 1. The lowest BCUT2D eigenvalue weighted by molar-refractivity contribution is -0.137. The van der Waals surface area contributed by atoms with Gasteiger partial charge < -0.3 is 10.4 Å². The number of imidazole rings is 1. The van der Waals surface area contributed by atoms with Crippen molar-refractivity contribution in [3.8, 4) is 17.1 Å². The average Bonchev–Trinajstić information content (AvgIpc) is 2.96. The largest absolute Gasteiger partial charge is 0.506 e. The van der Waals surface area contributed by atoms with Crippen molar-refractivity contribution in [3.63, 3.8) is 0 Å². The first-order valence-corrected chi connectivity index (χ1v) is 8.25. The zero-order chi connectivity index (χ0) is 19.9. The summed E-state index contributed by atoms with van der Waals surface area (Å²) < 4.78 is 39.7. The Kier molecular flexibility index (Phi) is 4.14. The van der Waals surface area contributed by atoms with E-state index in [-0.39, 0.29) is 5.75 Å². The van der Waals surface area contributed by atoms with Crippen molar-refractivity contribution in [2.75, 3.05) is 5.32 Å². The molecule has 0 radical (unpaired) electrons. The van der Waals surface area contributed by atoms with Gasteiger partial charge in [0, 0.05) is 5.69 Å². The maximum Gasteiger partial charge on any atom is 0.416 e. The number of hydrogen-bond donors (Lipinski definition) is 2. The fourth-order valence-corrected chi connectivity index (χ4v) is 2.89. The molecule has 0 aliphatic carbocycles. The minimum Gasteiger partial charge on any atom is -0.506 e. The van der Waals surface area contributed by atoms with Crippen LogP contribution >= 0.6 is 0 Å². The van der Waals surface area contributed by atoms with E-state index in [1.54, 1.807) is 22.7 Å². The molecular weight excluding hydrogens is 371 g/mol. The molecule has 0 saturated carbocycles. The van der Waals surface area contributed by atoms with E-state index >= 15 is 0 Å². The molecule has 0 spiro atoms. The Balaban J connectivity index is 1.67. The van der Waals surface area contributed by atoms with Crippen LogP contribution in [0.3, 0.4) is 0 Å². The summed E-state index contributed by atoms with van der Waals surface area (Å²) in [6.07, 6.45) is 0.169. The second-order valence-electron chi connectivity index (χ2n) is 6.15. The highest BCUT2D eigenvalue weighted by Crippen LogP contribution is 2.30. The summed E-state index contributed by atoms with van der Waals surface area (Å²) in [6.45, 7) is 1.82. The molecule has 6 nitrogen and oxygen atoms in total. The van der Waals surface area contributed by atoms with E-state index in [0.717, 1.165) is 12.1 Å². The second kappa shape index (κ2) is 6.52. The molecule has 142 valence electrons. The van der Waals surface area contributed by atoms with E-state index < -0.39 is 11.7 Å². The van der Waals surface area contributed by atoms with Crippen molar-refractivity contribution in [3.05, 3.63) is 66.2 Å². The monoisotopic (exact) mass is 385 g/mol. The van der Waals surface area contributed by atoms with Crippen LogP contribution in [0.15, 0.2) is 55.0 Å². The van der Waals surface area contributed by atoms with Crippen molar-refractivity contribution >= 4 is 17.2 Å². The molecule has 28 heavy (non-hydrogen) atoms. The molecule has 3 heterocycles. The summed E-state index contributed by atoms with van der Waals surface area (Å²) in [5.74, 6) is 0.449. The van der Waals surface area contributed by atoms with Crippen LogP contribution in [-0.4, -0.2) is 24.5 Å². The maximum absolute atomic E-state index is 12.7. The van der Waals surface area contributed by atoms with Crippen LogP contribution in [0.25, 0.3) is 17.0 Å². The molecule has 3 aromatic heterocycles. The van der Waals surface area contributed by atoms with Gasteiger partial charge in [-0.05, 0) is 43.3 Å². The number of halogens is 3. The molecule has 0 bridgehead atoms. The predicted molar refractivity (Wildman–Crippen MR) is 97.3 cm³/mol. The molecule has 9 heteroatoms. The highest BCUT2D eigenvalue weighted by molar-refractivity contribution is 5.66. The zero-order valence-electron chi connectivity index (χ0n) is 14.6. The van der Waals surface area contributed by atoms with E-state index in [1.807, 2.05) is 6.92 Å². The Morgan fingerprint density at radius 2 is 1.75 bits per heavy atom. The van der Waals surface area contributed by atoms with Crippen LogP contribution < -0.4 is 5.32 Å². The van der Waals surface area contributed by atoms with Gasteiger partial charge in [0.15, 0.2) is 0 Å². The molecule has 0 fully saturated rings. The minimum absolute atomic E-state index is 0.0816. The van der Waals surface area contributed by atoms with Crippen LogP contribution in [0.5, 0.6) is 5.75 Å². The highest BCUT2D eigenvalue weighted by atomic mass is 19.4. The number of nitrogens with one attached hydrogen (secondary N) is 1. The molecule has 1 aromatic carbocycles. The van der Waals surface area contributed by atoms with Crippen LogP contribution in [-0.2, 0) is 6.18 Å².